The van der Waals surface area contributed by atoms with Crippen LogP contribution in [0.5, 0.6) is 0 Å². The van der Waals surface area contributed by atoms with E-state index in [2.05, 4.69) is 20.2 Å². The predicted molar refractivity (Wildman–Crippen MR) is 117 cm³/mol. The first-order valence-corrected chi connectivity index (χ1v) is 11.0. The molecule has 9 nitrogen and oxygen atoms in total. The van der Waals surface area contributed by atoms with E-state index in [1.165, 1.54) is 0 Å². The van der Waals surface area contributed by atoms with E-state index in [0.717, 1.165) is 54.9 Å². The summed E-state index contributed by atoms with van der Waals surface area (Å²) in [4.78, 5) is 35.5. The summed E-state index contributed by atoms with van der Waals surface area (Å²) in [6, 6.07) is 9.62. The van der Waals surface area contributed by atoms with Gasteiger partial charge in [-0.2, -0.15) is 5.10 Å². The van der Waals surface area contributed by atoms with Gasteiger partial charge in [0.1, 0.15) is 18.0 Å². The summed E-state index contributed by atoms with van der Waals surface area (Å²) >= 11 is 0. The minimum atomic E-state index is -0.258. The molecule has 2 aliphatic rings. The van der Waals surface area contributed by atoms with E-state index >= 15 is 0 Å². The van der Waals surface area contributed by atoms with Crippen LogP contribution < -0.4 is 5.69 Å². The number of aromatic amines is 1. The van der Waals surface area contributed by atoms with E-state index in [-0.39, 0.29) is 11.6 Å². The summed E-state index contributed by atoms with van der Waals surface area (Å²) in [5, 5.41) is 6.88. The number of hydrogen-bond donors (Lipinski definition) is 1. The number of nitrogens with one attached hydrogen (secondary N) is 1. The van der Waals surface area contributed by atoms with Crippen molar-refractivity contribution in [3.05, 3.63) is 65.4 Å². The molecule has 6 rings (SSSR count). The number of hydrogen-bond acceptors (Lipinski definition) is 5. The third kappa shape index (κ3) is 3.30. The molecule has 2 fully saturated rings. The van der Waals surface area contributed by atoms with E-state index in [1.54, 1.807) is 23.3 Å². The first kappa shape index (κ1) is 19.0. The Kier molecular flexibility index (Phi) is 4.41. The van der Waals surface area contributed by atoms with Gasteiger partial charge in [-0.05, 0) is 55.5 Å². The number of fused-ring (bicyclic) bond motifs is 1. The number of carbonyl (C=O) groups excluding carboxylic acids is 1. The Labute approximate surface area is 183 Å². The minimum absolute atomic E-state index is 0.249. The molecule has 1 aliphatic carbocycles. The van der Waals surface area contributed by atoms with Gasteiger partial charge in [-0.1, -0.05) is 0 Å². The average molecular weight is 429 g/mol. The second-order valence-corrected chi connectivity index (χ2v) is 8.70. The lowest BCUT2D eigenvalue weighted by molar-refractivity contribution is -0.131. The van der Waals surface area contributed by atoms with Gasteiger partial charge < -0.3 is 4.90 Å². The zero-order valence-electron chi connectivity index (χ0n) is 17.5. The van der Waals surface area contributed by atoms with Gasteiger partial charge in [0, 0.05) is 37.2 Å². The summed E-state index contributed by atoms with van der Waals surface area (Å²) in [6.45, 7) is 1.55. The second kappa shape index (κ2) is 7.44. The Morgan fingerprint density at radius 3 is 2.78 bits per heavy atom. The Balaban J connectivity index is 1.24. The molecule has 9 heteroatoms. The smallest absolute Gasteiger partial charge is 0.342 e. The molecule has 0 spiro atoms. The molecule has 32 heavy (non-hydrogen) atoms. The standard InChI is InChI=1S/C23H23N7O2/c31-22(17-1-2-17)28-10-8-15(13-28)11-20-26-27-23(32)30(20)18-5-3-16(4-6-18)21-25-9-7-19-12-24-14-29(19)21/h3-7,9,12,14-15,17H,1-2,8,10-11,13H2,(H,27,32)/t15-/m0/s1. The highest BCUT2D eigenvalue weighted by Crippen LogP contribution is 2.33. The molecule has 3 aromatic heterocycles. The van der Waals surface area contributed by atoms with Gasteiger partial charge in [0.25, 0.3) is 0 Å². The van der Waals surface area contributed by atoms with Crippen molar-refractivity contribution in [2.24, 2.45) is 11.8 Å². The zero-order valence-corrected chi connectivity index (χ0v) is 17.5. The fraction of sp³-hybridized carbons (Fsp3) is 0.348. The van der Waals surface area contributed by atoms with Gasteiger partial charge in [0.05, 0.1) is 17.4 Å². The van der Waals surface area contributed by atoms with Crippen LogP contribution >= 0.6 is 0 Å². The van der Waals surface area contributed by atoms with Crippen molar-refractivity contribution in [1.29, 1.82) is 0 Å². The molecule has 1 atom stereocenters. The van der Waals surface area contributed by atoms with E-state index in [1.807, 2.05) is 39.6 Å². The summed E-state index contributed by atoms with van der Waals surface area (Å²) in [5.74, 6) is 2.34. The molecular formula is C23H23N7O2. The third-order valence-corrected chi connectivity index (χ3v) is 6.46. The maximum absolute atomic E-state index is 12.5. The normalized spacial score (nSPS) is 18.5. The van der Waals surface area contributed by atoms with Gasteiger partial charge in [-0.3, -0.25) is 9.20 Å². The second-order valence-electron chi connectivity index (χ2n) is 8.70. The number of benzene rings is 1. The van der Waals surface area contributed by atoms with Crippen molar-refractivity contribution >= 4 is 11.4 Å². The predicted octanol–water partition coefficient (Wildman–Crippen LogP) is 2.07. The lowest BCUT2D eigenvalue weighted by atomic mass is 10.0. The summed E-state index contributed by atoms with van der Waals surface area (Å²) < 4.78 is 3.56. The highest BCUT2D eigenvalue weighted by molar-refractivity contribution is 5.81. The largest absolute Gasteiger partial charge is 0.347 e. The number of likely N-dealkylation sites (tertiary alicyclic amines) is 1. The van der Waals surface area contributed by atoms with Gasteiger partial charge in [-0.25, -0.2) is 24.4 Å². The number of amides is 1. The number of carbonyl (C=O) groups is 1. The van der Waals surface area contributed by atoms with Gasteiger partial charge in [-0.15, -0.1) is 0 Å². The highest BCUT2D eigenvalue weighted by Gasteiger charge is 2.36. The molecule has 1 saturated heterocycles. The van der Waals surface area contributed by atoms with E-state index in [0.29, 0.717) is 24.1 Å². The molecule has 0 bridgehead atoms. The third-order valence-electron chi connectivity index (χ3n) is 6.46. The van der Waals surface area contributed by atoms with Gasteiger partial charge in [0.15, 0.2) is 0 Å². The van der Waals surface area contributed by atoms with E-state index in [9.17, 15) is 9.59 Å². The Morgan fingerprint density at radius 1 is 1.12 bits per heavy atom. The minimum Gasteiger partial charge on any atom is -0.342 e. The Bertz CT molecular complexity index is 1350. The van der Waals surface area contributed by atoms with Crippen LogP contribution in [-0.4, -0.2) is 53.0 Å². The maximum Gasteiger partial charge on any atom is 0.347 e. The van der Waals surface area contributed by atoms with Gasteiger partial charge in [0.2, 0.25) is 5.91 Å². The number of aromatic nitrogens is 6. The summed E-state index contributed by atoms with van der Waals surface area (Å²) in [7, 11) is 0. The van der Waals surface area contributed by atoms with Crippen molar-refractivity contribution in [2.75, 3.05) is 13.1 Å². The molecule has 1 saturated carbocycles. The van der Waals surface area contributed by atoms with Crippen LogP contribution in [0.2, 0.25) is 0 Å². The van der Waals surface area contributed by atoms with Crippen molar-refractivity contribution in [3.8, 4) is 17.1 Å². The molecule has 162 valence electrons. The lowest BCUT2D eigenvalue weighted by Crippen LogP contribution is -2.30. The van der Waals surface area contributed by atoms with Crippen molar-refractivity contribution in [1.82, 2.24) is 34.0 Å². The van der Waals surface area contributed by atoms with E-state index < -0.39 is 0 Å². The average Bonchev–Trinajstić information content (AvgIpc) is 3.19. The monoisotopic (exact) mass is 429 g/mol. The van der Waals surface area contributed by atoms with Crippen LogP contribution in [0.4, 0.5) is 0 Å². The molecule has 1 aromatic carbocycles. The molecule has 0 radical (unpaired) electrons. The quantitative estimate of drug-likeness (QED) is 0.523. The highest BCUT2D eigenvalue weighted by atomic mass is 16.2. The van der Waals surface area contributed by atoms with E-state index in [4.69, 9.17) is 0 Å². The molecular weight excluding hydrogens is 406 g/mol. The topological polar surface area (TPSA) is 101 Å². The molecule has 4 heterocycles. The Hall–Kier alpha value is -3.75. The van der Waals surface area contributed by atoms with Gasteiger partial charge >= 0.3 is 5.69 Å². The van der Waals surface area contributed by atoms with Crippen molar-refractivity contribution < 1.29 is 4.79 Å². The van der Waals surface area contributed by atoms with Crippen LogP contribution in [-0.2, 0) is 11.2 Å². The van der Waals surface area contributed by atoms with Crippen molar-refractivity contribution in [2.45, 2.75) is 25.7 Å². The summed E-state index contributed by atoms with van der Waals surface area (Å²) in [5.41, 5.74) is 2.40. The molecule has 4 aromatic rings. The van der Waals surface area contributed by atoms with Crippen LogP contribution in [0.25, 0.3) is 22.6 Å². The number of H-pyrrole nitrogens is 1. The molecule has 1 N–H and O–H groups in total. The molecule has 1 aliphatic heterocycles. The Morgan fingerprint density at radius 2 is 1.97 bits per heavy atom. The lowest BCUT2D eigenvalue weighted by Gasteiger charge is -2.16. The zero-order chi connectivity index (χ0) is 21.7. The maximum atomic E-state index is 12.5. The van der Waals surface area contributed by atoms with Crippen molar-refractivity contribution in [3.63, 3.8) is 0 Å². The van der Waals surface area contributed by atoms with Crippen LogP contribution in [0.15, 0.2) is 53.8 Å². The van der Waals surface area contributed by atoms with Crippen LogP contribution in [0.1, 0.15) is 25.1 Å². The fourth-order valence-electron chi connectivity index (χ4n) is 4.60. The first-order chi connectivity index (χ1) is 15.7. The summed E-state index contributed by atoms with van der Waals surface area (Å²) in [6.07, 6.45) is 8.95. The first-order valence-electron chi connectivity index (χ1n) is 11.0. The number of nitrogens with zero attached hydrogens (tertiary/aromatic N) is 6. The SMILES string of the molecule is O=C(C1CC1)N1CC[C@@H](Cc2n[nH]c(=O)n2-c2ccc(-c3nccc4cncn34)cc2)C1. The fourth-order valence-corrected chi connectivity index (χ4v) is 4.60. The molecule has 1 amide bonds. The number of rotatable bonds is 5. The van der Waals surface area contributed by atoms with Crippen LogP contribution in [0.3, 0.4) is 0 Å². The van der Waals surface area contributed by atoms with Crippen LogP contribution in [0, 0.1) is 11.8 Å². The number of imidazole rings is 1. The molecule has 0 unspecified atom stereocenters.